The third-order valence-electron chi connectivity index (χ3n) is 7.05. The minimum Gasteiger partial charge on any atom is -0.0804 e. The summed E-state index contributed by atoms with van der Waals surface area (Å²) in [7, 11) is 0. The van der Waals surface area contributed by atoms with Crippen molar-refractivity contribution in [2.45, 2.75) is 97.8 Å². The van der Waals surface area contributed by atoms with Crippen molar-refractivity contribution in [2.75, 3.05) is 0 Å². The average molecular weight is 391 g/mol. The number of unbranched alkanes of at least 4 members (excludes halogenated alkanes) is 5. The van der Waals surface area contributed by atoms with Gasteiger partial charge in [-0.15, -0.1) is 0 Å². The van der Waals surface area contributed by atoms with Crippen LogP contribution in [0.25, 0.3) is 16.3 Å². The molecule has 0 fully saturated rings. The highest BCUT2D eigenvalue weighted by molar-refractivity contribution is 5.87. The molecule has 29 heavy (non-hydrogen) atoms. The predicted molar refractivity (Wildman–Crippen MR) is 130 cm³/mol. The summed E-state index contributed by atoms with van der Waals surface area (Å²) in [6.07, 6.45) is 18.6. The lowest BCUT2D eigenvalue weighted by Gasteiger charge is -2.24. The number of hydrogen-bond donors (Lipinski definition) is 0. The molecule has 0 N–H and O–H groups in total. The zero-order chi connectivity index (χ0) is 20.5. The second-order valence-electron chi connectivity index (χ2n) is 9.53. The minimum absolute atomic E-state index is 0.876. The number of fused-ring (bicyclic) bond motifs is 1. The van der Waals surface area contributed by atoms with E-state index in [2.05, 4.69) is 63.2 Å². The Bertz CT molecular complexity index is 782. The summed E-state index contributed by atoms with van der Waals surface area (Å²) < 4.78 is 0. The van der Waals surface area contributed by atoms with Crippen LogP contribution in [0.4, 0.5) is 0 Å². The fourth-order valence-corrected chi connectivity index (χ4v) is 4.86. The molecule has 3 rings (SSSR count). The van der Waals surface area contributed by atoms with E-state index in [-0.39, 0.29) is 0 Å². The molecule has 2 atom stereocenters. The summed E-state index contributed by atoms with van der Waals surface area (Å²) in [5.74, 6) is 1.78. The molecule has 0 amide bonds. The van der Waals surface area contributed by atoms with Gasteiger partial charge in [0.15, 0.2) is 0 Å². The van der Waals surface area contributed by atoms with E-state index in [1.54, 1.807) is 5.57 Å². The molecule has 0 saturated carbocycles. The van der Waals surface area contributed by atoms with Crippen molar-refractivity contribution in [2.24, 2.45) is 11.8 Å². The molecule has 0 heterocycles. The Labute approximate surface area is 179 Å². The fraction of sp³-hybridized carbons (Fsp3) is 0.586. The van der Waals surface area contributed by atoms with Gasteiger partial charge in [-0.1, -0.05) is 95.7 Å². The molecule has 0 spiro atoms. The molecule has 2 aromatic carbocycles. The summed E-state index contributed by atoms with van der Waals surface area (Å²) in [6.45, 7) is 7.02. The molecular weight excluding hydrogens is 348 g/mol. The Kier molecular flexibility index (Phi) is 8.84. The second kappa shape index (κ2) is 11.6. The second-order valence-corrected chi connectivity index (χ2v) is 9.53. The Morgan fingerprint density at radius 2 is 1.66 bits per heavy atom. The largest absolute Gasteiger partial charge is 0.0804 e. The van der Waals surface area contributed by atoms with Gasteiger partial charge in [-0.2, -0.15) is 0 Å². The molecule has 2 unspecified atom stereocenters. The van der Waals surface area contributed by atoms with E-state index in [0.29, 0.717) is 0 Å². The van der Waals surface area contributed by atoms with Crippen molar-refractivity contribution in [3.8, 4) is 0 Å². The first kappa shape index (κ1) is 22.1. The Balaban J connectivity index is 1.57. The molecule has 0 heteroatoms. The molecule has 158 valence electrons. The first-order valence-electron chi connectivity index (χ1n) is 12.4. The van der Waals surface area contributed by atoms with Crippen molar-refractivity contribution in [3.63, 3.8) is 0 Å². The minimum atomic E-state index is 0.876. The number of aryl methyl sites for hydroxylation is 1. The van der Waals surface area contributed by atoms with Gasteiger partial charge in [0.1, 0.15) is 0 Å². The van der Waals surface area contributed by atoms with Crippen LogP contribution in [0.5, 0.6) is 0 Å². The Morgan fingerprint density at radius 3 is 2.41 bits per heavy atom. The van der Waals surface area contributed by atoms with E-state index < -0.39 is 0 Å². The van der Waals surface area contributed by atoms with Crippen molar-refractivity contribution >= 4 is 16.3 Å². The lowest BCUT2D eigenvalue weighted by Crippen LogP contribution is -2.09. The molecule has 0 aliphatic heterocycles. The van der Waals surface area contributed by atoms with Gasteiger partial charge in [0.25, 0.3) is 0 Å². The zero-order valence-corrected chi connectivity index (χ0v) is 19.2. The normalized spacial score (nSPS) is 18.0. The smallest absolute Gasteiger partial charge is 0.0178 e. The highest BCUT2D eigenvalue weighted by atomic mass is 14.2. The fourth-order valence-electron chi connectivity index (χ4n) is 4.86. The zero-order valence-electron chi connectivity index (χ0n) is 19.2. The lowest BCUT2D eigenvalue weighted by atomic mass is 9.81. The third-order valence-corrected chi connectivity index (χ3v) is 7.05. The summed E-state index contributed by atoms with van der Waals surface area (Å²) in [6, 6.07) is 14.3. The van der Waals surface area contributed by atoms with Crippen LogP contribution >= 0.6 is 0 Å². The van der Waals surface area contributed by atoms with Gasteiger partial charge < -0.3 is 0 Å². The molecule has 0 nitrogen and oxygen atoms in total. The maximum Gasteiger partial charge on any atom is -0.0178 e. The van der Waals surface area contributed by atoms with Gasteiger partial charge >= 0.3 is 0 Å². The summed E-state index contributed by atoms with van der Waals surface area (Å²) in [5.41, 5.74) is 4.53. The van der Waals surface area contributed by atoms with Crippen molar-refractivity contribution < 1.29 is 0 Å². The molecule has 0 aromatic heterocycles. The first-order valence-corrected chi connectivity index (χ1v) is 12.4. The Morgan fingerprint density at radius 1 is 0.897 bits per heavy atom. The van der Waals surface area contributed by atoms with E-state index >= 15 is 0 Å². The summed E-state index contributed by atoms with van der Waals surface area (Å²) >= 11 is 0. The van der Waals surface area contributed by atoms with Crippen LogP contribution in [0.15, 0.2) is 42.5 Å². The van der Waals surface area contributed by atoms with Crippen LogP contribution in [0.2, 0.25) is 0 Å². The van der Waals surface area contributed by atoms with E-state index in [9.17, 15) is 0 Å². The van der Waals surface area contributed by atoms with Gasteiger partial charge in [0.05, 0.1) is 0 Å². The van der Waals surface area contributed by atoms with Crippen LogP contribution in [0.3, 0.4) is 0 Å². The van der Waals surface area contributed by atoms with E-state index in [4.69, 9.17) is 0 Å². The SMILES string of the molecule is CCCCCCCCc1ccc2cc(C3=CCC(CC(C)CC)CC3)ccc2c1. The van der Waals surface area contributed by atoms with Crippen LogP contribution in [-0.4, -0.2) is 0 Å². The van der Waals surface area contributed by atoms with Gasteiger partial charge in [0, 0.05) is 0 Å². The van der Waals surface area contributed by atoms with Gasteiger partial charge in [0.2, 0.25) is 0 Å². The number of benzene rings is 2. The van der Waals surface area contributed by atoms with Crippen LogP contribution in [0, 0.1) is 11.8 Å². The molecule has 0 bridgehead atoms. The molecule has 2 aromatic rings. The molecule has 1 aliphatic rings. The molecule has 0 radical (unpaired) electrons. The van der Waals surface area contributed by atoms with Crippen molar-refractivity contribution in [1.29, 1.82) is 0 Å². The van der Waals surface area contributed by atoms with Crippen LogP contribution < -0.4 is 0 Å². The van der Waals surface area contributed by atoms with E-state index in [1.807, 2.05) is 0 Å². The quantitative estimate of drug-likeness (QED) is 0.335. The van der Waals surface area contributed by atoms with Gasteiger partial charge in [-0.25, -0.2) is 0 Å². The van der Waals surface area contributed by atoms with Crippen molar-refractivity contribution in [1.82, 2.24) is 0 Å². The third kappa shape index (κ3) is 6.73. The average Bonchev–Trinajstić information content (AvgIpc) is 2.76. The van der Waals surface area contributed by atoms with Gasteiger partial charge in [-0.3, -0.25) is 0 Å². The maximum absolute atomic E-state index is 2.53. The molecule has 1 aliphatic carbocycles. The van der Waals surface area contributed by atoms with Gasteiger partial charge in [-0.05, 0) is 83.9 Å². The van der Waals surface area contributed by atoms with Crippen LogP contribution in [-0.2, 0) is 6.42 Å². The predicted octanol–water partition coefficient (Wildman–Crippen LogP) is 9.36. The standard InChI is InChI=1S/C29H42/c1-4-6-7-8-9-10-11-24-14-17-29-22-28(19-18-27(29)21-24)26-15-12-25(13-16-26)20-23(3)5-2/h14-15,17-19,21-23,25H,4-13,16,20H2,1-3H3. The molecular formula is C29H42. The highest BCUT2D eigenvalue weighted by Gasteiger charge is 2.17. The highest BCUT2D eigenvalue weighted by Crippen LogP contribution is 2.35. The molecule has 0 saturated heterocycles. The maximum atomic E-state index is 2.53. The van der Waals surface area contributed by atoms with E-state index in [1.165, 1.54) is 98.9 Å². The lowest BCUT2D eigenvalue weighted by molar-refractivity contribution is 0.362. The Hall–Kier alpha value is -1.56. The first-order chi connectivity index (χ1) is 14.2. The monoisotopic (exact) mass is 390 g/mol. The summed E-state index contributed by atoms with van der Waals surface area (Å²) in [5, 5.41) is 2.81. The number of hydrogen-bond acceptors (Lipinski definition) is 0. The van der Waals surface area contributed by atoms with Crippen molar-refractivity contribution in [3.05, 3.63) is 53.6 Å². The topological polar surface area (TPSA) is 0 Å². The van der Waals surface area contributed by atoms with Crippen LogP contribution in [0.1, 0.15) is 103 Å². The summed E-state index contributed by atoms with van der Waals surface area (Å²) in [4.78, 5) is 0. The van der Waals surface area contributed by atoms with E-state index in [0.717, 1.165) is 11.8 Å². The number of rotatable bonds is 11. The number of allylic oxidation sites excluding steroid dienone is 2.